The van der Waals surface area contributed by atoms with Gasteiger partial charge < -0.3 is 29.6 Å². The van der Waals surface area contributed by atoms with Crippen LogP contribution in [0.2, 0.25) is 0 Å². The average molecular weight is 495 g/mol. The van der Waals surface area contributed by atoms with E-state index in [0.29, 0.717) is 50.0 Å². The summed E-state index contributed by atoms with van der Waals surface area (Å²) in [5, 5.41) is 22.5. The lowest BCUT2D eigenvalue weighted by molar-refractivity contribution is -0.163. The summed E-state index contributed by atoms with van der Waals surface area (Å²) in [5.41, 5.74) is 0.505. The van der Waals surface area contributed by atoms with Crippen molar-refractivity contribution in [2.45, 2.75) is 31.2 Å². The molecule has 0 bridgehead atoms. The van der Waals surface area contributed by atoms with Gasteiger partial charge in [-0.1, -0.05) is 6.92 Å². The molecule has 5 heterocycles. The molecule has 5 rings (SSSR count). The van der Waals surface area contributed by atoms with Crippen molar-refractivity contribution in [3.8, 4) is 0 Å². The first-order valence-electron chi connectivity index (χ1n) is 11.0. The molecule has 0 spiro atoms. The number of ether oxygens (including phenoxy) is 1. The molecule has 12 heteroatoms. The van der Waals surface area contributed by atoms with Crippen molar-refractivity contribution in [2.75, 3.05) is 44.3 Å². The highest BCUT2D eigenvalue weighted by molar-refractivity contribution is 8.03. The molecule has 33 heavy (non-hydrogen) atoms. The fraction of sp³-hybridized carbons (Fsp3) is 0.619. The third-order valence-electron chi connectivity index (χ3n) is 6.73. The minimum absolute atomic E-state index is 0.0606. The number of carboxylic acids is 1. The monoisotopic (exact) mass is 494 g/mol. The Morgan fingerprint density at radius 1 is 1.30 bits per heavy atom. The van der Waals surface area contributed by atoms with E-state index in [2.05, 4.69) is 9.88 Å². The SMILES string of the molecule is C[C@@H](O)C1C(=O)N2C(C(=O)O)=C(SC3CN(c4nc(C(=O)N5CCOCC5)cs4)C3)[C@H](C)C12. The van der Waals surface area contributed by atoms with Crippen LogP contribution in [-0.4, -0.2) is 99.6 Å². The summed E-state index contributed by atoms with van der Waals surface area (Å²) >= 11 is 2.94. The van der Waals surface area contributed by atoms with Gasteiger partial charge in [0.05, 0.1) is 31.3 Å². The summed E-state index contributed by atoms with van der Waals surface area (Å²) < 4.78 is 5.30. The molecule has 4 atom stereocenters. The molecule has 1 aromatic rings. The van der Waals surface area contributed by atoms with E-state index in [4.69, 9.17) is 4.74 Å². The maximum absolute atomic E-state index is 12.6. The van der Waals surface area contributed by atoms with Gasteiger partial charge in [-0.05, 0) is 6.92 Å². The standard InChI is InChI=1S/C21H26N4O6S2/c1-10-15-14(11(2)26)19(28)25(15)16(20(29)30)17(10)33-12-7-24(8-12)21-22-13(9-32-21)18(27)23-3-5-31-6-4-23/h9-12,14-15,26H,3-8H2,1-2H3,(H,29,30)/t10-,11-,14?,15?/m1/s1. The Labute approximate surface area is 199 Å². The topological polar surface area (TPSA) is 124 Å². The zero-order chi connectivity index (χ0) is 23.4. The molecular formula is C21H26N4O6S2. The summed E-state index contributed by atoms with van der Waals surface area (Å²) in [6.45, 7) is 7.11. The number of aliphatic hydroxyl groups is 1. The largest absolute Gasteiger partial charge is 0.477 e. The Kier molecular flexibility index (Phi) is 5.88. The Bertz CT molecular complexity index is 1010. The highest BCUT2D eigenvalue weighted by atomic mass is 32.2. The van der Waals surface area contributed by atoms with Crippen molar-refractivity contribution >= 4 is 46.0 Å². The van der Waals surface area contributed by atoms with Crippen LogP contribution >= 0.6 is 23.1 Å². The number of carbonyl (C=O) groups excluding carboxylic acids is 2. The molecule has 4 aliphatic heterocycles. The number of carboxylic acid groups (broad SMARTS) is 1. The fourth-order valence-corrected chi connectivity index (χ4v) is 7.30. The number of nitrogens with zero attached hydrogens (tertiary/aromatic N) is 4. The van der Waals surface area contributed by atoms with Crippen LogP contribution in [0, 0.1) is 11.8 Å². The number of thiazole rings is 1. The zero-order valence-electron chi connectivity index (χ0n) is 18.3. The molecule has 4 aliphatic rings. The van der Waals surface area contributed by atoms with Gasteiger partial charge in [0, 0.05) is 47.6 Å². The van der Waals surface area contributed by atoms with Crippen molar-refractivity contribution in [3.63, 3.8) is 0 Å². The van der Waals surface area contributed by atoms with Gasteiger partial charge >= 0.3 is 5.97 Å². The van der Waals surface area contributed by atoms with Gasteiger partial charge in [0.25, 0.3) is 5.91 Å². The lowest BCUT2D eigenvalue weighted by atomic mass is 9.79. The number of hydrogen-bond donors (Lipinski definition) is 2. The van der Waals surface area contributed by atoms with E-state index in [1.807, 2.05) is 6.92 Å². The number of hydrogen-bond acceptors (Lipinski definition) is 9. The summed E-state index contributed by atoms with van der Waals surface area (Å²) in [7, 11) is 0. The number of anilines is 1. The van der Waals surface area contributed by atoms with Crippen LogP contribution < -0.4 is 4.90 Å². The molecule has 0 radical (unpaired) electrons. The predicted octanol–water partition coefficient (Wildman–Crippen LogP) is 0.691. The lowest BCUT2D eigenvalue weighted by Gasteiger charge is -2.46. The van der Waals surface area contributed by atoms with Crippen molar-refractivity contribution in [1.29, 1.82) is 0 Å². The third kappa shape index (κ3) is 3.72. The average Bonchev–Trinajstić information content (AvgIpc) is 3.32. The van der Waals surface area contributed by atoms with E-state index in [9.17, 15) is 24.6 Å². The van der Waals surface area contributed by atoms with Gasteiger partial charge in [-0.15, -0.1) is 23.1 Å². The summed E-state index contributed by atoms with van der Waals surface area (Å²) in [6, 6.07) is -0.296. The number of fused-ring (bicyclic) bond motifs is 1. The maximum Gasteiger partial charge on any atom is 0.353 e. The number of amides is 2. The number of β-lactam (4-membered cyclic amide) rings is 1. The van der Waals surface area contributed by atoms with E-state index in [-0.39, 0.29) is 34.7 Å². The van der Waals surface area contributed by atoms with Crippen LogP contribution in [-0.2, 0) is 14.3 Å². The van der Waals surface area contributed by atoms with Gasteiger partial charge in [-0.3, -0.25) is 9.59 Å². The highest BCUT2D eigenvalue weighted by Gasteiger charge is 2.60. The molecule has 10 nitrogen and oxygen atoms in total. The number of rotatable bonds is 6. The van der Waals surface area contributed by atoms with E-state index >= 15 is 0 Å². The summed E-state index contributed by atoms with van der Waals surface area (Å²) in [4.78, 5) is 47.5. The van der Waals surface area contributed by atoms with Crippen LogP contribution in [0.25, 0.3) is 0 Å². The minimum atomic E-state index is -1.10. The lowest BCUT2D eigenvalue weighted by Crippen LogP contribution is -2.63. The van der Waals surface area contributed by atoms with Crippen molar-refractivity contribution < 1.29 is 29.3 Å². The number of aliphatic hydroxyl groups excluding tert-OH is 1. The number of aliphatic carboxylic acids is 1. The summed E-state index contributed by atoms with van der Waals surface area (Å²) in [5.74, 6) is -2.18. The van der Waals surface area contributed by atoms with Gasteiger partial charge in [0.1, 0.15) is 11.4 Å². The Balaban J connectivity index is 1.23. The quantitative estimate of drug-likeness (QED) is 0.550. The third-order valence-corrected chi connectivity index (χ3v) is 9.08. The van der Waals surface area contributed by atoms with Crippen molar-refractivity contribution in [2.24, 2.45) is 11.8 Å². The second-order valence-electron chi connectivity index (χ2n) is 8.84. The smallest absolute Gasteiger partial charge is 0.353 e. The Hall–Kier alpha value is -2.15. The fourth-order valence-electron chi connectivity index (χ4n) is 4.96. The van der Waals surface area contributed by atoms with Crippen LogP contribution in [0.15, 0.2) is 16.0 Å². The van der Waals surface area contributed by atoms with Crippen molar-refractivity contribution in [1.82, 2.24) is 14.8 Å². The Morgan fingerprint density at radius 2 is 2.00 bits per heavy atom. The highest BCUT2D eigenvalue weighted by Crippen LogP contribution is 2.52. The first kappa shape index (κ1) is 22.6. The van der Waals surface area contributed by atoms with E-state index < -0.39 is 18.0 Å². The molecule has 0 aromatic carbocycles. The molecule has 0 saturated carbocycles. The number of morpholine rings is 1. The molecule has 3 fully saturated rings. The summed E-state index contributed by atoms with van der Waals surface area (Å²) in [6.07, 6.45) is -0.806. The molecule has 3 saturated heterocycles. The molecule has 2 amide bonds. The molecular weight excluding hydrogens is 468 g/mol. The first-order chi connectivity index (χ1) is 15.8. The van der Waals surface area contributed by atoms with E-state index in [0.717, 1.165) is 5.13 Å². The van der Waals surface area contributed by atoms with Crippen LogP contribution in [0.4, 0.5) is 5.13 Å². The molecule has 2 unspecified atom stereocenters. The number of carbonyl (C=O) groups is 3. The van der Waals surface area contributed by atoms with Crippen LogP contribution in [0.1, 0.15) is 24.3 Å². The maximum atomic E-state index is 12.6. The predicted molar refractivity (Wildman–Crippen MR) is 122 cm³/mol. The van der Waals surface area contributed by atoms with E-state index in [1.54, 1.807) is 17.2 Å². The second kappa shape index (κ2) is 8.57. The molecule has 178 valence electrons. The first-order valence-corrected chi connectivity index (χ1v) is 12.8. The molecule has 1 aromatic heterocycles. The zero-order valence-corrected chi connectivity index (χ0v) is 20.0. The van der Waals surface area contributed by atoms with Gasteiger partial charge in [0.2, 0.25) is 5.91 Å². The van der Waals surface area contributed by atoms with Crippen LogP contribution in [0.3, 0.4) is 0 Å². The van der Waals surface area contributed by atoms with Crippen LogP contribution in [0.5, 0.6) is 0 Å². The molecule has 0 aliphatic carbocycles. The second-order valence-corrected chi connectivity index (χ2v) is 11.0. The van der Waals surface area contributed by atoms with Gasteiger partial charge in [-0.2, -0.15) is 0 Å². The Morgan fingerprint density at radius 3 is 2.64 bits per heavy atom. The minimum Gasteiger partial charge on any atom is -0.477 e. The van der Waals surface area contributed by atoms with Gasteiger partial charge in [-0.25, -0.2) is 9.78 Å². The number of aromatic nitrogens is 1. The van der Waals surface area contributed by atoms with Crippen molar-refractivity contribution in [3.05, 3.63) is 21.7 Å². The van der Waals surface area contributed by atoms with Gasteiger partial charge in [0.15, 0.2) is 5.13 Å². The molecule has 2 N–H and O–H groups in total. The van der Waals surface area contributed by atoms with E-state index in [1.165, 1.54) is 28.0 Å². The normalized spacial score (nSPS) is 28.5. The number of thioether (sulfide) groups is 1.